The number of rotatable bonds is 3. The van der Waals surface area contributed by atoms with Crippen LogP contribution in [0.4, 0.5) is 10.5 Å². The predicted molar refractivity (Wildman–Crippen MR) is 81.5 cm³/mol. The topological polar surface area (TPSA) is 87.7 Å². The van der Waals surface area contributed by atoms with Gasteiger partial charge in [0.05, 0.1) is 5.69 Å². The number of benzene rings is 1. The summed E-state index contributed by atoms with van der Waals surface area (Å²) >= 11 is 3.35. The molecule has 1 aromatic rings. The molecule has 0 aromatic heterocycles. The van der Waals surface area contributed by atoms with Crippen molar-refractivity contribution in [3.8, 4) is 0 Å². The van der Waals surface area contributed by atoms with E-state index < -0.39 is 17.5 Å². The van der Waals surface area contributed by atoms with E-state index in [1.165, 1.54) is 0 Å². The summed E-state index contributed by atoms with van der Waals surface area (Å²) in [6, 6.07) is 5.00. The van der Waals surface area contributed by atoms with Crippen LogP contribution in [-0.4, -0.2) is 35.9 Å². The van der Waals surface area contributed by atoms with Crippen molar-refractivity contribution in [2.24, 2.45) is 0 Å². The van der Waals surface area contributed by atoms with Crippen molar-refractivity contribution in [3.05, 3.63) is 28.2 Å². The monoisotopic (exact) mass is 356 g/mol. The molecule has 21 heavy (non-hydrogen) atoms. The minimum absolute atomic E-state index is 0.255. The van der Waals surface area contributed by atoms with Gasteiger partial charge in [-0.05, 0) is 40.5 Å². The number of nitrogens with one attached hydrogen (secondary N) is 2. The zero-order chi connectivity index (χ0) is 15.5. The number of amides is 2. The van der Waals surface area contributed by atoms with Crippen LogP contribution in [0.15, 0.2) is 22.7 Å². The van der Waals surface area contributed by atoms with Crippen LogP contribution in [0.2, 0.25) is 0 Å². The maximum absolute atomic E-state index is 12.1. The maximum atomic E-state index is 12.1. The number of hydrogen-bond donors (Lipinski definition) is 3. The molecule has 0 aliphatic carbocycles. The van der Waals surface area contributed by atoms with E-state index >= 15 is 0 Å². The number of carbonyl (C=O) groups is 2. The van der Waals surface area contributed by atoms with Crippen LogP contribution < -0.4 is 10.6 Å². The smallest absolute Gasteiger partial charge is 0.329 e. The van der Waals surface area contributed by atoms with Gasteiger partial charge in [0.25, 0.3) is 0 Å². The Morgan fingerprint density at radius 1 is 1.33 bits per heavy atom. The number of ether oxygens (including phenoxy) is 1. The lowest BCUT2D eigenvalue weighted by atomic mass is 9.90. The fourth-order valence-electron chi connectivity index (χ4n) is 2.22. The molecule has 2 rings (SSSR count). The molecule has 0 atom stereocenters. The van der Waals surface area contributed by atoms with E-state index in [0.29, 0.717) is 18.9 Å². The van der Waals surface area contributed by atoms with Crippen LogP contribution in [0.3, 0.4) is 0 Å². The number of aryl methyl sites for hydroxylation is 1. The van der Waals surface area contributed by atoms with E-state index in [1.54, 1.807) is 6.07 Å². The van der Waals surface area contributed by atoms with Crippen molar-refractivity contribution >= 4 is 33.6 Å². The summed E-state index contributed by atoms with van der Waals surface area (Å²) in [5, 5.41) is 14.6. The highest BCUT2D eigenvalue weighted by Crippen LogP contribution is 2.25. The van der Waals surface area contributed by atoms with Crippen molar-refractivity contribution in [3.63, 3.8) is 0 Å². The Hall–Kier alpha value is -1.60. The normalized spacial score (nSPS) is 17.0. The number of hydrogen-bond acceptors (Lipinski definition) is 3. The number of aliphatic carboxylic acids is 1. The third-order valence-corrected chi connectivity index (χ3v) is 4.17. The van der Waals surface area contributed by atoms with Crippen molar-refractivity contribution < 1.29 is 19.4 Å². The molecule has 1 saturated heterocycles. The third-order valence-electron chi connectivity index (χ3n) is 3.48. The molecular formula is C14H17BrN2O4. The molecule has 7 heteroatoms. The molecule has 1 aliphatic heterocycles. The lowest BCUT2D eigenvalue weighted by Crippen LogP contribution is -2.58. The van der Waals surface area contributed by atoms with Crippen LogP contribution in [-0.2, 0) is 9.53 Å². The van der Waals surface area contributed by atoms with Gasteiger partial charge >= 0.3 is 12.0 Å². The summed E-state index contributed by atoms with van der Waals surface area (Å²) < 4.78 is 5.90. The summed E-state index contributed by atoms with van der Waals surface area (Å²) in [6.07, 6.45) is 0.509. The van der Waals surface area contributed by atoms with E-state index in [9.17, 15) is 14.7 Å². The lowest BCUT2D eigenvalue weighted by Gasteiger charge is -2.33. The van der Waals surface area contributed by atoms with Gasteiger partial charge in [0.15, 0.2) is 0 Å². The molecule has 0 unspecified atom stereocenters. The Kier molecular flexibility index (Phi) is 4.84. The van der Waals surface area contributed by atoms with Crippen LogP contribution in [0.25, 0.3) is 0 Å². The predicted octanol–water partition coefficient (Wildman–Crippen LogP) is 2.51. The highest BCUT2D eigenvalue weighted by molar-refractivity contribution is 9.10. The van der Waals surface area contributed by atoms with E-state index in [4.69, 9.17) is 4.74 Å². The molecule has 3 N–H and O–H groups in total. The average molecular weight is 357 g/mol. The van der Waals surface area contributed by atoms with Crippen molar-refractivity contribution in [2.75, 3.05) is 18.5 Å². The number of carboxylic acid groups (broad SMARTS) is 1. The second-order valence-corrected chi connectivity index (χ2v) is 5.92. The van der Waals surface area contributed by atoms with Crippen LogP contribution in [0, 0.1) is 6.92 Å². The molecule has 0 radical (unpaired) electrons. The molecule has 2 amide bonds. The first kappa shape index (κ1) is 15.8. The summed E-state index contributed by atoms with van der Waals surface area (Å²) in [5.41, 5.74) is 0.325. The molecule has 1 heterocycles. The van der Waals surface area contributed by atoms with E-state index in [2.05, 4.69) is 26.6 Å². The highest BCUT2D eigenvalue weighted by atomic mass is 79.9. The van der Waals surface area contributed by atoms with Gasteiger partial charge in [-0.15, -0.1) is 0 Å². The summed E-state index contributed by atoms with van der Waals surface area (Å²) in [5.74, 6) is -1.04. The molecule has 6 nitrogen and oxygen atoms in total. The molecular weight excluding hydrogens is 340 g/mol. The Balaban J connectivity index is 2.09. The quantitative estimate of drug-likeness (QED) is 0.776. The van der Waals surface area contributed by atoms with Crippen molar-refractivity contribution in [2.45, 2.75) is 25.3 Å². The molecule has 0 bridgehead atoms. The first-order chi connectivity index (χ1) is 9.93. The lowest BCUT2D eigenvalue weighted by molar-refractivity contribution is -0.148. The van der Waals surface area contributed by atoms with E-state index in [0.717, 1.165) is 10.0 Å². The zero-order valence-corrected chi connectivity index (χ0v) is 13.2. The molecule has 0 saturated carbocycles. The minimum Gasteiger partial charge on any atom is -0.480 e. The Morgan fingerprint density at radius 2 is 2.00 bits per heavy atom. The number of anilines is 1. The fourth-order valence-corrected chi connectivity index (χ4v) is 2.56. The molecule has 1 aliphatic rings. The summed E-state index contributed by atoms with van der Waals surface area (Å²) in [4.78, 5) is 23.6. The first-order valence-corrected chi connectivity index (χ1v) is 7.39. The highest BCUT2D eigenvalue weighted by Gasteiger charge is 2.41. The van der Waals surface area contributed by atoms with E-state index in [-0.39, 0.29) is 12.8 Å². The molecule has 114 valence electrons. The molecule has 0 spiro atoms. The van der Waals surface area contributed by atoms with Crippen LogP contribution in [0.1, 0.15) is 18.4 Å². The maximum Gasteiger partial charge on any atom is 0.329 e. The van der Waals surface area contributed by atoms with Gasteiger partial charge in [0.2, 0.25) is 0 Å². The van der Waals surface area contributed by atoms with E-state index in [1.807, 2.05) is 19.1 Å². The Bertz CT molecular complexity index is 556. The SMILES string of the molecule is Cc1ccc(Br)c(NC(=O)NC2(C(=O)O)CCOCC2)c1. The standard InChI is InChI=1S/C14H17BrN2O4/c1-9-2-3-10(15)11(8-9)16-13(20)17-14(12(18)19)4-6-21-7-5-14/h2-3,8H,4-7H2,1H3,(H,18,19)(H2,16,17,20). The second kappa shape index (κ2) is 6.44. The van der Waals surface area contributed by atoms with Crippen molar-refractivity contribution in [1.29, 1.82) is 0 Å². The Labute approximate surface area is 131 Å². The van der Waals surface area contributed by atoms with Gasteiger partial charge in [-0.2, -0.15) is 0 Å². The molecule has 1 aromatic carbocycles. The zero-order valence-electron chi connectivity index (χ0n) is 11.6. The van der Waals surface area contributed by atoms with Crippen molar-refractivity contribution in [1.82, 2.24) is 5.32 Å². The van der Waals surface area contributed by atoms with Gasteiger partial charge in [0.1, 0.15) is 5.54 Å². The van der Waals surface area contributed by atoms with Gasteiger partial charge in [-0.1, -0.05) is 6.07 Å². The Morgan fingerprint density at radius 3 is 2.62 bits per heavy atom. The number of carbonyl (C=O) groups excluding carboxylic acids is 1. The third kappa shape index (κ3) is 3.74. The number of carboxylic acids is 1. The van der Waals surface area contributed by atoms with Gasteiger partial charge < -0.3 is 20.5 Å². The molecule has 1 fully saturated rings. The summed E-state index contributed by atoms with van der Waals surface area (Å²) in [7, 11) is 0. The minimum atomic E-state index is -1.27. The largest absolute Gasteiger partial charge is 0.480 e. The van der Waals surface area contributed by atoms with Gasteiger partial charge in [-0.3, -0.25) is 0 Å². The first-order valence-electron chi connectivity index (χ1n) is 6.59. The van der Waals surface area contributed by atoms with Crippen LogP contribution >= 0.6 is 15.9 Å². The second-order valence-electron chi connectivity index (χ2n) is 5.06. The van der Waals surface area contributed by atoms with Gasteiger partial charge in [0, 0.05) is 30.5 Å². The number of halogens is 1. The summed E-state index contributed by atoms with van der Waals surface area (Å²) in [6.45, 7) is 2.55. The average Bonchev–Trinajstić information content (AvgIpc) is 2.43. The number of urea groups is 1. The van der Waals surface area contributed by atoms with Gasteiger partial charge in [-0.25, -0.2) is 9.59 Å². The van der Waals surface area contributed by atoms with Crippen LogP contribution in [0.5, 0.6) is 0 Å². The fraction of sp³-hybridized carbons (Fsp3) is 0.429.